The normalized spacial score (nSPS) is 11.2. The van der Waals surface area contributed by atoms with E-state index in [0.29, 0.717) is 11.1 Å². The van der Waals surface area contributed by atoms with Crippen molar-refractivity contribution in [1.29, 1.82) is 0 Å². The molecule has 162 valence electrons. The van der Waals surface area contributed by atoms with Gasteiger partial charge in [-0.25, -0.2) is 0 Å². The quantitative estimate of drug-likeness (QED) is 0.237. The minimum atomic E-state index is -0.689. The Hall–Kier alpha value is -4.33. The molecule has 0 heterocycles. The maximum atomic E-state index is 12.6. The Morgan fingerprint density at radius 3 is 2.16 bits per heavy atom. The first-order chi connectivity index (χ1) is 15.4. The number of rotatable bonds is 9. The lowest BCUT2D eigenvalue weighted by Gasteiger charge is -2.18. The molecule has 0 saturated carbocycles. The SMILES string of the molecule is O=C(C[C@H](NC(=O)c1ccccc1)c1ccccc1)OCC(=O)c1cccc([N+](=O)[O-])c1. The Kier molecular flexibility index (Phi) is 7.42. The van der Waals surface area contributed by atoms with Crippen LogP contribution in [0.3, 0.4) is 0 Å². The average molecular weight is 432 g/mol. The fourth-order valence-corrected chi connectivity index (χ4v) is 3.02. The lowest BCUT2D eigenvalue weighted by Crippen LogP contribution is -2.31. The topological polar surface area (TPSA) is 116 Å². The summed E-state index contributed by atoms with van der Waals surface area (Å²) in [7, 11) is 0. The average Bonchev–Trinajstić information content (AvgIpc) is 2.83. The van der Waals surface area contributed by atoms with E-state index in [2.05, 4.69) is 5.32 Å². The summed E-state index contributed by atoms with van der Waals surface area (Å²) in [6.45, 7) is -0.561. The number of Topliss-reactive ketones (excluding diaryl/α,β-unsaturated/α-hetero) is 1. The molecule has 0 radical (unpaired) electrons. The van der Waals surface area contributed by atoms with Crippen molar-refractivity contribution in [2.24, 2.45) is 0 Å². The van der Waals surface area contributed by atoms with Crippen molar-refractivity contribution in [2.75, 3.05) is 6.61 Å². The highest BCUT2D eigenvalue weighted by molar-refractivity contribution is 5.98. The van der Waals surface area contributed by atoms with Crippen molar-refractivity contribution in [3.05, 3.63) is 112 Å². The molecule has 3 aromatic carbocycles. The van der Waals surface area contributed by atoms with E-state index in [0.717, 1.165) is 6.07 Å². The van der Waals surface area contributed by atoms with Crippen molar-refractivity contribution < 1.29 is 24.0 Å². The van der Waals surface area contributed by atoms with Crippen LogP contribution in [0, 0.1) is 10.1 Å². The second kappa shape index (κ2) is 10.6. The van der Waals surface area contributed by atoms with Gasteiger partial charge in [0, 0.05) is 23.3 Å². The standard InChI is InChI=1S/C24H20N2O6/c27-22(19-12-7-13-20(14-19)26(30)31)16-32-23(28)15-21(17-8-3-1-4-9-17)25-24(29)18-10-5-2-6-11-18/h1-14,21H,15-16H2,(H,25,29)/t21-/m0/s1. The Bertz CT molecular complexity index is 1120. The molecule has 8 nitrogen and oxygen atoms in total. The number of benzene rings is 3. The van der Waals surface area contributed by atoms with Gasteiger partial charge < -0.3 is 10.1 Å². The van der Waals surface area contributed by atoms with Gasteiger partial charge in [-0.05, 0) is 17.7 Å². The van der Waals surface area contributed by atoms with E-state index in [1.54, 1.807) is 54.6 Å². The monoisotopic (exact) mass is 432 g/mol. The number of hydrogen-bond acceptors (Lipinski definition) is 6. The van der Waals surface area contributed by atoms with Gasteiger partial charge in [-0.15, -0.1) is 0 Å². The van der Waals surface area contributed by atoms with Gasteiger partial charge >= 0.3 is 5.97 Å². The first-order valence-electron chi connectivity index (χ1n) is 9.78. The number of non-ortho nitro benzene ring substituents is 1. The van der Waals surface area contributed by atoms with E-state index in [1.807, 2.05) is 6.07 Å². The van der Waals surface area contributed by atoms with E-state index in [-0.39, 0.29) is 23.6 Å². The Balaban J connectivity index is 1.65. The third-order valence-corrected chi connectivity index (χ3v) is 4.66. The van der Waals surface area contributed by atoms with E-state index < -0.39 is 29.3 Å². The van der Waals surface area contributed by atoms with Crippen molar-refractivity contribution in [2.45, 2.75) is 12.5 Å². The molecule has 3 rings (SSSR count). The molecular formula is C24H20N2O6. The highest BCUT2D eigenvalue weighted by atomic mass is 16.6. The zero-order valence-corrected chi connectivity index (χ0v) is 17.0. The molecular weight excluding hydrogens is 412 g/mol. The van der Waals surface area contributed by atoms with Crippen LogP contribution in [0.25, 0.3) is 0 Å². The van der Waals surface area contributed by atoms with Crippen LogP contribution in [-0.2, 0) is 9.53 Å². The van der Waals surface area contributed by atoms with Crippen LogP contribution in [0.4, 0.5) is 5.69 Å². The summed E-state index contributed by atoms with van der Waals surface area (Å²) < 4.78 is 5.09. The second-order valence-corrected chi connectivity index (χ2v) is 6.90. The maximum absolute atomic E-state index is 12.6. The van der Waals surface area contributed by atoms with Crippen LogP contribution in [0.5, 0.6) is 0 Å². The Labute approximate surface area is 184 Å². The molecule has 0 fully saturated rings. The van der Waals surface area contributed by atoms with Gasteiger partial charge in [-0.2, -0.15) is 0 Å². The number of carbonyl (C=O) groups is 3. The van der Waals surface area contributed by atoms with Gasteiger partial charge in [0.1, 0.15) is 0 Å². The number of ether oxygens (including phenoxy) is 1. The number of carbonyl (C=O) groups excluding carboxylic acids is 3. The van der Waals surface area contributed by atoms with Crippen LogP contribution < -0.4 is 5.32 Å². The van der Waals surface area contributed by atoms with E-state index in [9.17, 15) is 24.5 Å². The molecule has 1 N–H and O–H groups in total. The minimum absolute atomic E-state index is 0.0731. The van der Waals surface area contributed by atoms with Crippen LogP contribution in [0.15, 0.2) is 84.9 Å². The van der Waals surface area contributed by atoms with Crippen LogP contribution in [0.1, 0.15) is 38.7 Å². The maximum Gasteiger partial charge on any atom is 0.308 e. The highest BCUT2D eigenvalue weighted by Crippen LogP contribution is 2.19. The molecule has 0 aromatic heterocycles. The van der Waals surface area contributed by atoms with Gasteiger partial charge in [0.2, 0.25) is 5.78 Å². The van der Waals surface area contributed by atoms with E-state index in [1.165, 1.54) is 18.2 Å². The molecule has 0 aliphatic carbocycles. The Morgan fingerprint density at radius 2 is 1.50 bits per heavy atom. The zero-order valence-electron chi connectivity index (χ0n) is 17.0. The smallest absolute Gasteiger partial charge is 0.308 e. The summed E-state index contributed by atoms with van der Waals surface area (Å²) in [4.78, 5) is 47.5. The molecule has 0 unspecified atom stereocenters. The molecule has 0 aliphatic rings. The van der Waals surface area contributed by atoms with Gasteiger partial charge in [-0.1, -0.05) is 60.7 Å². The largest absolute Gasteiger partial charge is 0.457 e. The molecule has 3 aromatic rings. The fraction of sp³-hybridized carbons (Fsp3) is 0.125. The van der Waals surface area contributed by atoms with Crippen LogP contribution >= 0.6 is 0 Å². The molecule has 1 atom stereocenters. The molecule has 0 saturated heterocycles. The number of nitrogens with one attached hydrogen (secondary N) is 1. The number of ketones is 1. The van der Waals surface area contributed by atoms with Crippen molar-refractivity contribution >= 4 is 23.3 Å². The minimum Gasteiger partial charge on any atom is -0.457 e. The van der Waals surface area contributed by atoms with E-state index >= 15 is 0 Å². The summed E-state index contributed by atoms with van der Waals surface area (Å²) in [6.07, 6.45) is -0.190. The van der Waals surface area contributed by atoms with Crippen molar-refractivity contribution in [1.82, 2.24) is 5.32 Å². The number of nitrogens with zero attached hydrogens (tertiary/aromatic N) is 1. The third kappa shape index (κ3) is 6.09. The number of amides is 1. The van der Waals surface area contributed by atoms with E-state index in [4.69, 9.17) is 4.74 Å². The van der Waals surface area contributed by atoms with Gasteiger partial charge in [0.25, 0.3) is 11.6 Å². The lowest BCUT2D eigenvalue weighted by molar-refractivity contribution is -0.384. The summed E-state index contributed by atoms with van der Waals surface area (Å²) in [5.41, 5.74) is 1.00. The number of nitro benzene ring substituents is 1. The van der Waals surface area contributed by atoms with Crippen LogP contribution in [-0.4, -0.2) is 29.2 Å². The molecule has 0 spiro atoms. The molecule has 0 bridgehead atoms. The highest BCUT2D eigenvalue weighted by Gasteiger charge is 2.21. The fourth-order valence-electron chi connectivity index (χ4n) is 3.02. The molecule has 8 heteroatoms. The first-order valence-corrected chi connectivity index (χ1v) is 9.78. The predicted octanol–water partition coefficient (Wildman–Crippen LogP) is 3.88. The summed E-state index contributed by atoms with van der Waals surface area (Å²) >= 11 is 0. The predicted molar refractivity (Wildman–Crippen MR) is 116 cm³/mol. The molecule has 1 amide bonds. The second-order valence-electron chi connectivity index (χ2n) is 6.90. The molecule has 0 aliphatic heterocycles. The van der Waals surface area contributed by atoms with Gasteiger partial charge in [0.15, 0.2) is 6.61 Å². The third-order valence-electron chi connectivity index (χ3n) is 4.66. The van der Waals surface area contributed by atoms with Gasteiger partial charge in [0.05, 0.1) is 17.4 Å². The summed E-state index contributed by atoms with van der Waals surface area (Å²) in [5.74, 6) is -1.60. The molecule has 32 heavy (non-hydrogen) atoms. The van der Waals surface area contributed by atoms with Gasteiger partial charge in [-0.3, -0.25) is 24.5 Å². The zero-order chi connectivity index (χ0) is 22.9. The lowest BCUT2D eigenvalue weighted by atomic mass is 10.0. The van der Waals surface area contributed by atoms with Crippen molar-refractivity contribution in [3.63, 3.8) is 0 Å². The number of nitro groups is 1. The summed E-state index contributed by atoms with van der Waals surface area (Å²) in [6, 6.07) is 22.1. The van der Waals surface area contributed by atoms with Crippen LogP contribution in [0.2, 0.25) is 0 Å². The van der Waals surface area contributed by atoms with Crippen molar-refractivity contribution in [3.8, 4) is 0 Å². The summed E-state index contributed by atoms with van der Waals surface area (Å²) in [5, 5.41) is 13.7. The first kappa shape index (κ1) is 22.4. The number of esters is 1. The number of hydrogen-bond donors (Lipinski definition) is 1. The Morgan fingerprint density at radius 1 is 0.875 bits per heavy atom.